The Morgan fingerprint density at radius 2 is 1.29 bits per heavy atom. The van der Waals surface area contributed by atoms with Crippen LogP contribution in [0.2, 0.25) is 0 Å². The molecule has 9 heteroatoms. The van der Waals surface area contributed by atoms with Gasteiger partial charge < -0.3 is 19.9 Å². The number of aryl methyl sites for hydroxylation is 2. The lowest BCUT2D eigenvalue weighted by Crippen LogP contribution is -2.48. The Kier molecular flexibility index (Phi) is 7.71. The highest BCUT2D eigenvalue weighted by Gasteiger charge is 2.41. The smallest absolute Gasteiger partial charge is 0.349 e. The largest absolute Gasteiger partial charge is 0.478 e. The van der Waals surface area contributed by atoms with Crippen molar-refractivity contribution in [1.82, 2.24) is 4.98 Å². The van der Waals surface area contributed by atoms with Crippen LogP contribution in [0.25, 0.3) is 0 Å². The summed E-state index contributed by atoms with van der Waals surface area (Å²) in [4.78, 5) is 54.1. The van der Waals surface area contributed by atoms with Crippen molar-refractivity contribution in [2.45, 2.75) is 26.1 Å². The second-order valence-electron chi connectivity index (χ2n) is 7.45. The summed E-state index contributed by atoms with van der Waals surface area (Å²) in [6, 6.07) is 15.5. The topological polar surface area (TPSA) is 132 Å². The van der Waals surface area contributed by atoms with Gasteiger partial charge in [0, 0.05) is 6.20 Å². The second-order valence-corrected chi connectivity index (χ2v) is 7.45. The number of rotatable bonds is 8. The number of amides is 1. The molecule has 0 spiro atoms. The highest BCUT2D eigenvalue weighted by molar-refractivity contribution is 6.01. The standard InChI is InChI=1S/C25H22N2O7/c1-15-5-9-17(10-6-15)24(31)33-20(22(28)27-19-4-3-13-26-14-19)21(23(29)30)34-25(32)18-11-7-16(2)8-12-18/h3-14,20-21H,1-2H3,(H,27,28)(H,29,30)/t20-,21+/m1/s1. The molecule has 1 amide bonds. The van der Waals surface area contributed by atoms with Gasteiger partial charge in [0.05, 0.1) is 23.0 Å². The molecule has 0 saturated carbocycles. The number of carboxylic acids is 1. The number of anilines is 1. The monoisotopic (exact) mass is 462 g/mol. The molecule has 0 aliphatic rings. The molecular weight excluding hydrogens is 440 g/mol. The fourth-order valence-electron chi connectivity index (χ4n) is 2.89. The summed E-state index contributed by atoms with van der Waals surface area (Å²) in [7, 11) is 0. The van der Waals surface area contributed by atoms with Crippen molar-refractivity contribution in [3.05, 3.63) is 95.3 Å². The molecule has 9 nitrogen and oxygen atoms in total. The maximum atomic E-state index is 13.0. The van der Waals surface area contributed by atoms with E-state index in [9.17, 15) is 24.3 Å². The zero-order chi connectivity index (χ0) is 24.7. The van der Waals surface area contributed by atoms with Crippen molar-refractivity contribution in [2.75, 3.05) is 5.32 Å². The van der Waals surface area contributed by atoms with E-state index >= 15 is 0 Å². The van der Waals surface area contributed by atoms with E-state index in [2.05, 4.69) is 10.3 Å². The first kappa shape index (κ1) is 24.1. The summed E-state index contributed by atoms with van der Waals surface area (Å²) in [5, 5.41) is 12.2. The first-order valence-corrected chi connectivity index (χ1v) is 10.2. The molecule has 34 heavy (non-hydrogen) atoms. The molecule has 1 heterocycles. The van der Waals surface area contributed by atoms with Gasteiger partial charge in [-0.3, -0.25) is 9.78 Å². The highest BCUT2D eigenvalue weighted by Crippen LogP contribution is 2.16. The molecule has 0 aliphatic heterocycles. The molecule has 0 bridgehead atoms. The van der Waals surface area contributed by atoms with Gasteiger partial charge in [-0.2, -0.15) is 0 Å². The minimum absolute atomic E-state index is 0.0770. The molecule has 0 unspecified atom stereocenters. The third kappa shape index (κ3) is 6.26. The molecule has 0 aliphatic carbocycles. The molecule has 2 atom stereocenters. The van der Waals surface area contributed by atoms with Gasteiger partial charge in [0.1, 0.15) is 0 Å². The lowest BCUT2D eigenvalue weighted by Gasteiger charge is -2.23. The molecule has 3 aromatic rings. The minimum Gasteiger partial charge on any atom is -0.478 e. The van der Waals surface area contributed by atoms with Gasteiger partial charge in [-0.25, -0.2) is 14.4 Å². The molecule has 0 saturated heterocycles. The van der Waals surface area contributed by atoms with Gasteiger partial charge in [-0.1, -0.05) is 35.4 Å². The molecular formula is C25H22N2O7. The highest BCUT2D eigenvalue weighted by atomic mass is 16.6. The average molecular weight is 462 g/mol. The zero-order valence-corrected chi connectivity index (χ0v) is 18.4. The molecule has 0 radical (unpaired) electrons. The van der Waals surface area contributed by atoms with Crippen LogP contribution in [0.15, 0.2) is 73.1 Å². The lowest BCUT2D eigenvalue weighted by atomic mass is 10.1. The van der Waals surface area contributed by atoms with E-state index in [1.807, 2.05) is 13.8 Å². The molecule has 2 aromatic carbocycles. The van der Waals surface area contributed by atoms with Crippen LogP contribution in [-0.2, 0) is 19.1 Å². The Labute approximate surface area is 195 Å². The summed E-state index contributed by atoms with van der Waals surface area (Å²) < 4.78 is 10.4. The molecule has 2 N–H and O–H groups in total. The number of benzene rings is 2. The van der Waals surface area contributed by atoms with Crippen LogP contribution in [-0.4, -0.2) is 46.1 Å². The number of hydrogen-bond donors (Lipinski definition) is 2. The Morgan fingerprint density at radius 1 is 0.794 bits per heavy atom. The second kappa shape index (κ2) is 10.9. The van der Waals surface area contributed by atoms with Crippen molar-refractivity contribution >= 4 is 29.5 Å². The van der Waals surface area contributed by atoms with E-state index < -0.39 is 36.0 Å². The summed E-state index contributed by atoms with van der Waals surface area (Å²) in [5.41, 5.74) is 2.18. The average Bonchev–Trinajstić information content (AvgIpc) is 2.82. The van der Waals surface area contributed by atoms with E-state index in [0.717, 1.165) is 11.1 Å². The summed E-state index contributed by atoms with van der Waals surface area (Å²) >= 11 is 0. The number of hydrogen-bond acceptors (Lipinski definition) is 7. The Balaban J connectivity index is 1.89. The fraction of sp³-hybridized carbons (Fsp3) is 0.160. The van der Waals surface area contributed by atoms with Crippen LogP contribution < -0.4 is 5.32 Å². The van der Waals surface area contributed by atoms with E-state index in [4.69, 9.17) is 9.47 Å². The Bertz CT molecular complexity index is 1180. The zero-order valence-electron chi connectivity index (χ0n) is 18.4. The first-order chi connectivity index (χ1) is 16.2. The molecule has 174 valence electrons. The predicted octanol–water partition coefficient (Wildman–Crippen LogP) is 3.17. The number of esters is 2. The Hall–Kier alpha value is -4.53. The number of carbonyl (C=O) groups excluding carboxylic acids is 3. The lowest BCUT2D eigenvalue weighted by molar-refractivity contribution is -0.157. The molecule has 3 rings (SSSR count). The molecule has 0 fully saturated rings. The van der Waals surface area contributed by atoms with E-state index in [1.165, 1.54) is 42.7 Å². The van der Waals surface area contributed by atoms with Gasteiger partial charge in [0.25, 0.3) is 5.91 Å². The minimum atomic E-state index is -2.11. The van der Waals surface area contributed by atoms with Gasteiger partial charge in [-0.15, -0.1) is 0 Å². The van der Waals surface area contributed by atoms with Gasteiger partial charge >= 0.3 is 17.9 Å². The number of aliphatic carboxylic acids is 1. The van der Waals surface area contributed by atoms with Crippen LogP contribution in [0.4, 0.5) is 5.69 Å². The quantitative estimate of drug-likeness (QED) is 0.488. The van der Waals surface area contributed by atoms with Crippen molar-refractivity contribution in [1.29, 1.82) is 0 Å². The van der Waals surface area contributed by atoms with Gasteiger partial charge in [0.2, 0.25) is 12.2 Å². The van der Waals surface area contributed by atoms with Crippen LogP contribution in [0.5, 0.6) is 0 Å². The van der Waals surface area contributed by atoms with Crippen LogP contribution >= 0.6 is 0 Å². The van der Waals surface area contributed by atoms with Crippen molar-refractivity contribution in [2.24, 2.45) is 0 Å². The number of aromatic nitrogens is 1. The van der Waals surface area contributed by atoms with E-state index in [1.54, 1.807) is 30.3 Å². The predicted molar refractivity (Wildman–Crippen MR) is 121 cm³/mol. The third-order valence-electron chi connectivity index (χ3n) is 4.75. The third-order valence-corrected chi connectivity index (χ3v) is 4.75. The van der Waals surface area contributed by atoms with Gasteiger partial charge in [0.15, 0.2) is 0 Å². The number of carbonyl (C=O) groups is 4. The van der Waals surface area contributed by atoms with Crippen molar-refractivity contribution < 1.29 is 33.8 Å². The number of nitrogens with one attached hydrogen (secondary N) is 1. The van der Waals surface area contributed by atoms with Gasteiger partial charge in [-0.05, 0) is 50.2 Å². The number of ether oxygens (including phenoxy) is 2. The SMILES string of the molecule is Cc1ccc(C(=O)O[C@H](C(=O)O)[C@@H](OC(=O)c2ccc(C)cc2)C(=O)Nc2cccnc2)cc1. The van der Waals surface area contributed by atoms with Crippen molar-refractivity contribution in [3.8, 4) is 0 Å². The first-order valence-electron chi connectivity index (χ1n) is 10.2. The fourth-order valence-corrected chi connectivity index (χ4v) is 2.89. The van der Waals surface area contributed by atoms with Crippen molar-refractivity contribution in [3.63, 3.8) is 0 Å². The molecule has 1 aromatic heterocycles. The number of nitrogens with zero attached hydrogens (tertiary/aromatic N) is 1. The van der Waals surface area contributed by atoms with Crippen LogP contribution in [0, 0.1) is 13.8 Å². The summed E-state index contributed by atoms with van der Waals surface area (Å²) in [5.74, 6) is -4.61. The van der Waals surface area contributed by atoms with Crippen LogP contribution in [0.1, 0.15) is 31.8 Å². The maximum absolute atomic E-state index is 13.0. The maximum Gasteiger partial charge on any atom is 0.349 e. The number of pyridine rings is 1. The number of carboxylic acid groups (broad SMARTS) is 1. The summed E-state index contributed by atoms with van der Waals surface area (Å²) in [6.45, 7) is 3.64. The summed E-state index contributed by atoms with van der Waals surface area (Å²) in [6.07, 6.45) is -1.29. The normalized spacial score (nSPS) is 12.2. The van der Waals surface area contributed by atoms with E-state index in [-0.39, 0.29) is 16.8 Å². The Morgan fingerprint density at radius 3 is 1.74 bits per heavy atom. The van der Waals surface area contributed by atoms with E-state index in [0.29, 0.717) is 0 Å². The van der Waals surface area contributed by atoms with Crippen LogP contribution in [0.3, 0.4) is 0 Å².